The van der Waals surface area contributed by atoms with Crippen LogP contribution in [0.1, 0.15) is 41.5 Å². The van der Waals surface area contributed by atoms with E-state index in [-0.39, 0.29) is 12.6 Å². The lowest BCUT2D eigenvalue weighted by molar-refractivity contribution is -0.338. The van der Waals surface area contributed by atoms with Crippen LogP contribution in [0.3, 0.4) is 0 Å². The van der Waals surface area contributed by atoms with E-state index >= 15 is 0 Å². The summed E-state index contributed by atoms with van der Waals surface area (Å²) in [5, 5.41) is 35.0. The summed E-state index contributed by atoms with van der Waals surface area (Å²) >= 11 is 0. The predicted octanol–water partition coefficient (Wildman–Crippen LogP) is 1.08. The molecule has 0 aromatic carbocycles. The van der Waals surface area contributed by atoms with Gasteiger partial charge in [-0.3, -0.25) is 0 Å². The van der Waals surface area contributed by atoms with Crippen LogP contribution < -0.4 is 0 Å². The summed E-state index contributed by atoms with van der Waals surface area (Å²) in [5.41, 5.74) is 7.45. The fourth-order valence-electron chi connectivity index (χ4n) is 3.09. The number of aliphatic hydroxyl groups is 3. The highest BCUT2D eigenvalue weighted by Gasteiger charge is 2.53. The molecule has 10 nitrogen and oxygen atoms in total. The van der Waals surface area contributed by atoms with E-state index < -0.39 is 54.1 Å². The molecule has 2 heterocycles. The Labute approximate surface area is 159 Å². The Morgan fingerprint density at radius 3 is 2.22 bits per heavy atom. The number of ether oxygens (including phenoxy) is 4. The molecular weight excluding hydrogens is 358 g/mol. The Morgan fingerprint density at radius 2 is 1.74 bits per heavy atom. The molecule has 0 aromatic rings. The van der Waals surface area contributed by atoms with E-state index in [4.69, 9.17) is 24.5 Å². The van der Waals surface area contributed by atoms with Crippen LogP contribution in [0.15, 0.2) is 5.11 Å². The molecule has 156 valence electrons. The van der Waals surface area contributed by atoms with Gasteiger partial charge < -0.3 is 34.3 Å². The SMILES string of the molecule is CC1OC(OC2C(CN=[N+]=[N-])OC(OC(C)(C)C)C(O)C2O)C(O)C1(C)C. The summed E-state index contributed by atoms with van der Waals surface area (Å²) in [6, 6.07) is 0. The van der Waals surface area contributed by atoms with Crippen LogP contribution in [-0.4, -0.2) is 76.7 Å². The lowest BCUT2D eigenvalue weighted by Crippen LogP contribution is -2.62. The van der Waals surface area contributed by atoms with Crippen molar-refractivity contribution < 1.29 is 34.3 Å². The van der Waals surface area contributed by atoms with Crippen LogP contribution in [0.4, 0.5) is 0 Å². The zero-order valence-electron chi connectivity index (χ0n) is 16.6. The van der Waals surface area contributed by atoms with Crippen molar-refractivity contribution in [3.8, 4) is 0 Å². The van der Waals surface area contributed by atoms with Gasteiger partial charge in [0.15, 0.2) is 12.6 Å². The second-order valence-electron chi connectivity index (χ2n) is 8.68. The maximum absolute atomic E-state index is 10.6. The first-order valence-electron chi connectivity index (χ1n) is 9.07. The highest BCUT2D eigenvalue weighted by Crippen LogP contribution is 2.40. The number of hydrogen-bond acceptors (Lipinski definition) is 8. The first kappa shape index (κ1) is 22.3. The van der Waals surface area contributed by atoms with E-state index in [1.165, 1.54) is 0 Å². The summed E-state index contributed by atoms with van der Waals surface area (Å²) in [7, 11) is 0. The van der Waals surface area contributed by atoms with Gasteiger partial charge in [0.1, 0.15) is 24.4 Å². The third-order valence-electron chi connectivity index (χ3n) is 5.13. The molecule has 3 N–H and O–H groups in total. The zero-order chi connectivity index (χ0) is 20.6. The van der Waals surface area contributed by atoms with E-state index in [1.54, 1.807) is 20.8 Å². The van der Waals surface area contributed by atoms with Crippen molar-refractivity contribution >= 4 is 0 Å². The van der Waals surface area contributed by atoms with Crippen molar-refractivity contribution in [1.82, 2.24) is 0 Å². The predicted molar refractivity (Wildman–Crippen MR) is 94.5 cm³/mol. The lowest BCUT2D eigenvalue weighted by atomic mass is 9.84. The van der Waals surface area contributed by atoms with Gasteiger partial charge in [-0.15, -0.1) is 0 Å². The minimum atomic E-state index is -1.39. The summed E-state index contributed by atoms with van der Waals surface area (Å²) < 4.78 is 22.9. The van der Waals surface area contributed by atoms with Crippen LogP contribution in [0.2, 0.25) is 0 Å². The molecule has 0 radical (unpaired) electrons. The Hall–Kier alpha value is -0.970. The van der Waals surface area contributed by atoms with Gasteiger partial charge in [0.2, 0.25) is 0 Å². The average Bonchev–Trinajstić information content (AvgIpc) is 2.75. The Morgan fingerprint density at radius 1 is 1.11 bits per heavy atom. The Balaban J connectivity index is 2.19. The quantitative estimate of drug-likeness (QED) is 0.362. The average molecular weight is 389 g/mol. The van der Waals surface area contributed by atoms with Crippen LogP contribution in [0.25, 0.3) is 10.4 Å². The van der Waals surface area contributed by atoms with E-state index in [0.717, 1.165) is 0 Å². The molecule has 0 aliphatic carbocycles. The van der Waals surface area contributed by atoms with Gasteiger partial charge in [-0.1, -0.05) is 19.0 Å². The molecule has 0 aromatic heterocycles. The first-order valence-corrected chi connectivity index (χ1v) is 9.07. The molecule has 0 saturated carbocycles. The smallest absolute Gasteiger partial charge is 0.187 e. The fraction of sp³-hybridized carbons (Fsp3) is 1.00. The van der Waals surface area contributed by atoms with Crippen LogP contribution in [0, 0.1) is 5.41 Å². The minimum absolute atomic E-state index is 0.142. The molecular formula is C17H31N3O7. The van der Waals surface area contributed by atoms with Crippen molar-refractivity contribution in [2.24, 2.45) is 10.5 Å². The molecule has 0 bridgehead atoms. The molecule has 10 heteroatoms. The van der Waals surface area contributed by atoms with E-state index in [2.05, 4.69) is 10.0 Å². The topological polar surface area (TPSA) is 146 Å². The Kier molecular flexibility index (Phi) is 6.76. The van der Waals surface area contributed by atoms with Gasteiger partial charge in [-0.2, -0.15) is 0 Å². The summed E-state index contributed by atoms with van der Waals surface area (Å²) in [5.74, 6) is 0. The second-order valence-corrected chi connectivity index (χ2v) is 8.68. The van der Waals surface area contributed by atoms with Gasteiger partial charge in [-0.25, -0.2) is 0 Å². The number of azide groups is 1. The third kappa shape index (κ3) is 4.90. The zero-order valence-corrected chi connectivity index (χ0v) is 16.6. The molecule has 8 unspecified atom stereocenters. The second kappa shape index (κ2) is 8.18. The number of rotatable bonds is 5. The van der Waals surface area contributed by atoms with Crippen molar-refractivity contribution in [1.29, 1.82) is 0 Å². The van der Waals surface area contributed by atoms with Crippen molar-refractivity contribution in [2.75, 3.05) is 6.54 Å². The van der Waals surface area contributed by atoms with E-state index in [0.29, 0.717) is 0 Å². The standard InChI is InChI=1S/C17H31N3O7/c1-8-17(5,6)13(23)15(24-8)26-12-9(7-19-20-18)25-14(11(22)10(12)21)27-16(2,3)4/h8-15,21-23H,7H2,1-6H3. The molecule has 2 aliphatic heterocycles. The van der Waals surface area contributed by atoms with Gasteiger partial charge in [0, 0.05) is 10.3 Å². The highest BCUT2D eigenvalue weighted by molar-refractivity contribution is 4.96. The molecule has 0 amide bonds. The third-order valence-corrected chi connectivity index (χ3v) is 5.13. The maximum atomic E-state index is 10.6. The molecule has 27 heavy (non-hydrogen) atoms. The van der Waals surface area contributed by atoms with Gasteiger partial charge >= 0.3 is 0 Å². The lowest BCUT2D eigenvalue weighted by Gasteiger charge is -2.44. The number of nitrogens with zero attached hydrogens (tertiary/aromatic N) is 3. The number of aliphatic hydroxyl groups excluding tert-OH is 3. The molecule has 2 aliphatic rings. The molecule has 8 atom stereocenters. The van der Waals surface area contributed by atoms with Crippen LogP contribution in [-0.2, 0) is 18.9 Å². The Bertz CT molecular complexity index is 561. The number of hydrogen-bond donors (Lipinski definition) is 3. The maximum Gasteiger partial charge on any atom is 0.187 e. The molecule has 2 rings (SSSR count). The molecule has 0 spiro atoms. The largest absolute Gasteiger partial charge is 0.387 e. The first-order chi connectivity index (χ1) is 12.4. The normalized spacial score (nSPS) is 42.0. The van der Waals surface area contributed by atoms with Gasteiger partial charge in [0.05, 0.1) is 24.4 Å². The van der Waals surface area contributed by atoms with Crippen molar-refractivity contribution in [3.63, 3.8) is 0 Å². The summed E-state index contributed by atoms with van der Waals surface area (Å²) in [6.45, 7) is 10.7. The van der Waals surface area contributed by atoms with Gasteiger partial charge in [-0.05, 0) is 33.2 Å². The van der Waals surface area contributed by atoms with Crippen molar-refractivity contribution in [2.45, 2.75) is 96.3 Å². The van der Waals surface area contributed by atoms with Gasteiger partial charge in [0.25, 0.3) is 0 Å². The molecule has 2 fully saturated rings. The van der Waals surface area contributed by atoms with E-state index in [9.17, 15) is 15.3 Å². The molecule has 2 saturated heterocycles. The summed E-state index contributed by atoms with van der Waals surface area (Å²) in [6.07, 6.45) is -8.10. The van der Waals surface area contributed by atoms with Crippen LogP contribution in [0.5, 0.6) is 0 Å². The van der Waals surface area contributed by atoms with Crippen LogP contribution >= 0.6 is 0 Å². The fourth-order valence-corrected chi connectivity index (χ4v) is 3.09. The summed E-state index contributed by atoms with van der Waals surface area (Å²) in [4.78, 5) is 2.71. The minimum Gasteiger partial charge on any atom is -0.387 e. The van der Waals surface area contributed by atoms with E-state index in [1.807, 2.05) is 20.8 Å². The monoisotopic (exact) mass is 389 g/mol. The highest BCUT2D eigenvalue weighted by atomic mass is 16.7. The van der Waals surface area contributed by atoms with Crippen molar-refractivity contribution in [3.05, 3.63) is 10.4 Å².